The molecule has 0 atom stereocenters. The molecule has 0 saturated heterocycles. The zero-order chi connectivity index (χ0) is 23.9. The highest BCUT2D eigenvalue weighted by Crippen LogP contribution is 2.39. The van der Waals surface area contributed by atoms with Gasteiger partial charge in [-0.15, -0.1) is 0 Å². The van der Waals surface area contributed by atoms with Crippen LogP contribution in [0.15, 0.2) is 55.0 Å². The van der Waals surface area contributed by atoms with Crippen molar-refractivity contribution >= 4 is 32.6 Å². The highest BCUT2D eigenvalue weighted by Gasteiger charge is 2.23. The van der Waals surface area contributed by atoms with Gasteiger partial charge in [-0.2, -0.15) is 0 Å². The average molecular weight is 484 g/mol. The summed E-state index contributed by atoms with van der Waals surface area (Å²) in [4.78, 5) is 8.54. The Hall–Kier alpha value is -3.53. The molecule has 1 aliphatic carbocycles. The van der Waals surface area contributed by atoms with E-state index in [9.17, 15) is 12.8 Å². The van der Waals surface area contributed by atoms with Gasteiger partial charge in [0.1, 0.15) is 29.4 Å². The first kappa shape index (κ1) is 22.3. The first-order valence-corrected chi connectivity index (χ1v) is 12.6. The van der Waals surface area contributed by atoms with Gasteiger partial charge in [-0.25, -0.2) is 27.2 Å². The molecule has 1 fully saturated rings. The molecule has 10 heteroatoms. The van der Waals surface area contributed by atoms with Gasteiger partial charge in [0.25, 0.3) is 0 Å². The lowest BCUT2D eigenvalue weighted by molar-refractivity contribution is 0.532. The number of anilines is 2. The maximum absolute atomic E-state index is 15.0. The summed E-state index contributed by atoms with van der Waals surface area (Å²) >= 11 is 0. The minimum atomic E-state index is -3.91. The van der Waals surface area contributed by atoms with Crippen LogP contribution in [0.1, 0.15) is 37.3 Å². The predicted octanol–water partition coefficient (Wildman–Crippen LogP) is 5.02. The minimum Gasteiger partial charge on any atom is -0.383 e. The molecule has 5 rings (SSSR count). The molecule has 0 amide bonds. The van der Waals surface area contributed by atoms with Gasteiger partial charge in [0.05, 0.1) is 16.8 Å². The van der Waals surface area contributed by atoms with Crippen molar-refractivity contribution in [2.24, 2.45) is 0 Å². The number of aromatic nitrogens is 3. The lowest BCUT2D eigenvalue weighted by Gasteiger charge is -2.12. The van der Waals surface area contributed by atoms with Crippen molar-refractivity contribution in [3.63, 3.8) is 0 Å². The molecule has 4 aromatic rings. The van der Waals surface area contributed by atoms with Crippen molar-refractivity contribution in [2.45, 2.75) is 37.5 Å². The van der Waals surface area contributed by atoms with Crippen LogP contribution >= 0.6 is 0 Å². The molecule has 176 valence electrons. The molecule has 0 bridgehead atoms. The van der Waals surface area contributed by atoms with Crippen LogP contribution in [0.2, 0.25) is 0 Å². The zero-order valence-electron chi connectivity index (χ0n) is 18.2. The van der Waals surface area contributed by atoms with E-state index in [1.54, 1.807) is 6.07 Å². The summed E-state index contributed by atoms with van der Waals surface area (Å²) in [5, 5.41) is 0.651. The number of nitrogens with two attached hydrogens (primary N) is 1. The Morgan fingerprint density at radius 2 is 1.79 bits per heavy atom. The molecule has 34 heavy (non-hydrogen) atoms. The second kappa shape index (κ2) is 8.68. The summed E-state index contributed by atoms with van der Waals surface area (Å²) in [6.45, 7) is 0. The molecule has 3 N–H and O–H groups in total. The number of hydrogen-bond donors (Lipinski definition) is 2. The lowest BCUT2D eigenvalue weighted by atomic mass is 10.1. The van der Waals surface area contributed by atoms with Crippen molar-refractivity contribution in [1.82, 2.24) is 14.5 Å². The van der Waals surface area contributed by atoms with Crippen LogP contribution in [0.25, 0.3) is 22.2 Å². The number of rotatable bonds is 6. The Balaban J connectivity index is 1.46. The van der Waals surface area contributed by atoms with Crippen LogP contribution in [-0.4, -0.2) is 23.0 Å². The topological polar surface area (TPSA) is 103 Å². The van der Waals surface area contributed by atoms with E-state index >= 15 is 4.39 Å². The van der Waals surface area contributed by atoms with Gasteiger partial charge in [0, 0.05) is 17.8 Å². The summed E-state index contributed by atoms with van der Waals surface area (Å²) < 4.78 is 57.5. The van der Waals surface area contributed by atoms with E-state index in [2.05, 4.69) is 19.3 Å². The lowest BCUT2D eigenvalue weighted by Crippen LogP contribution is -2.16. The fourth-order valence-corrected chi connectivity index (χ4v) is 5.76. The maximum Gasteiger partial charge on any atom is 0.237 e. The van der Waals surface area contributed by atoms with Crippen molar-refractivity contribution < 1.29 is 17.2 Å². The first-order valence-electron chi connectivity index (χ1n) is 11.0. The molecule has 7 nitrogen and oxygen atoms in total. The molecular weight excluding hydrogens is 460 g/mol. The summed E-state index contributed by atoms with van der Waals surface area (Å²) in [6, 6.07) is 9.70. The van der Waals surface area contributed by atoms with Gasteiger partial charge in [0.15, 0.2) is 0 Å². The van der Waals surface area contributed by atoms with Gasteiger partial charge in [-0.05, 0) is 48.2 Å². The Morgan fingerprint density at radius 3 is 2.50 bits per heavy atom. The second-order valence-corrected chi connectivity index (χ2v) is 10.3. The molecule has 0 unspecified atom stereocenters. The monoisotopic (exact) mass is 483 g/mol. The number of nitrogens with one attached hydrogen (secondary N) is 1. The van der Waals surface area contributed by atoms with Crippen LogP contribution in [0.5, 0.6) is 0 Å². The van der Waals surface area contributed by atoms with Crippen LogP contribution in [0.4, 0.5) is 20.3 Å². The highest BCUT2D eigenvalue weighted by molar-refractivity contribution is 7.91. The van der Waals surface area contributed by atoms with E-state index in [1.165, 1.54) is 42.7 Å². The van der Waals surface area contributed by atoms with Crippen molar-refractivity contribution in [3.8, 4) is 11.1 Å². The highest BCUT2D eigenvalue weighted by atomic mass is 32.2. The Kier molecular flexibility index (Phi) is 5.68. The van der Waals surface area contributed by atoms with Crippen LogP contribution in [0.3, 0.4) is 0 Å². The molecule has 0 aliphatic heterocycles. The standard InChI is InChI=1S/C24H23F2N5O2S/c25-17-8-5-15(6-9-17)13-34(32,33)30-21-10-7-16(11-20(21)26)19-12-31(18-3-1-2-4-18)24-22(19)23(27)28-14-29-24/h5-12,14,18,30H,1-4,13H2,(H2,27,28,29). The number of halogens is 2. The fourth-order valence-electron chi connectivity index (χ4n) is 4.56. The third kappa shape index (κ3) is 4.33. The first-order chi connectivity index (χ1) is 16.3. The van der Waals surface area contributed by atoms with Gasteiger partial charge < -0.3 is 10.3 Å². The van der Waals surface area contributed by atoms with Crippen molar-refractivity contribution in [1.29, 1.82) is 0 Å². The molecule has 0 spiro atoms. The van der Waals surface area contributed by atoms with Crippen LogP contribution in [-0.2, 0) is 15.8 Å². The Morgan fingerprint density at radius 1 is 1.06 bits per heavy atom. The van der Waals surface area contributed by atoms with E-state index in [0.717, 1.165) is 25.7 Å². The van der Waals surface area contributed by atoms with E-state index in [1.807, 2.05) is 6.20 Å². The molecule has 0 radical (unpaired) electrons. The molecule has 1 saturated carbocycles. The van der Waals surface area contributed by atoms with Crippen molar-refractivity contribution in [3.05, 3.63) is 72.2 Å². The van der Waals surface area contributed by atoms with E-state index in [-0.39, 0.29) is 5.69 Å². The summed E-state index contributed by atoms with van der Waals surface area (Å²) in [6.07, 6.45) is 7.71. The van der Waals surface area contributed by atoms with Gasteiger partial charge in [-0.3, -0.25) is 4.72 Å². The SMILES string of the molecule is Nc1ncnc2c1c(-c1ccc(NS(=O)(=O)Cc3ccc(F)cc3)c(F)c1)cn2C1CCCC1. The fraction of sp³-hybridized carbons (Fsp3) is 0.250. The Labute approximate surface area is 195 Å². The normalized spacial score (nSPS) is 14.6. The molecule has 2 aromatic heterocycles. The summed E-state index contributed by atoms with van der Waals surface area (Å²) in [5.74, 6) is -1.29. The third-order valence-electron chi connectivity index (χ3n) is 6.17. The molecule has 1 aliphatic rings. The van der Waals surface area contributed by atoms with Crippen LogP contribution in [0, 0.1) is 11.6 Å². The zero-order valence-corrected chi connectivity index (χ0v) is 19.0. The predicted molar refractivity (Wildman–Crippen MR) is 127 cm³/mol. The number of hydrogen-bond acceptors (Lipinski definition) is 5. The van der Waals surface area contributed by atoms with E-state index in [0.29, 0.717) is 39.6 Å². The third-order valence-corrected chi connectivity index (χ3v) is 7.42. The number of fused-ring (bicyclic) bond motifs is 1. The van der Waals surface area contributed by atoms with Gasteiger partial charge in [-0.1, -0.05) is 31.0 Å². The average Bonchev–Trinajstić information content (AvgIpc) is 3.45. The minimum absolute atomic E-state index is 0.172. The number of benzene rings is 2. The smallest absolute Gasteiger partial charge is 0.237 e. The summed E-state index contributed by atoms with van der Waals surface area (Å²) in [5.41, 5.74) is 8.33. The van der Waals surface area contributed by atoms with Crippen LogP contribution < -0.4 is 10.5 Å². The van der Waals surface area contributed by atoms with Crippen molar-refractivity contribution in [2.75, 3.05) is 10.5 Å². The van der Waals surface area contributed by atoms with Gasteiger partial charge in [0.2, 0.25) is 10.0 Å². The number of nitrogen functional groups attached to an aromatic ring is 1. The maximum atomic E-state index is 15.0. The van der Waals surface area contributed by atoms with Gasteiger partial charge >= 0.3 is 0 Å². The molecule has 2 heterocycles. The largest absolute Gasteiger partial charge is 0.383 e. The van der Waals surface area contributed by atoms with E-state index < -0.39 is 27.4 Å². The number of nitrogens with zero attached hydrogens (tertiary/aromatic N) is 3. The molecule has 2 aromatic carbocycles. The van der Waals surface area contributed by atoms with E-state index in [4.69, 9.17) is 5.73 Å². The summed E-state index contributed by atoms with van der Waals surface area (Å²) in [7, 11) is -3.91. The second-order valence-electron chi connectivity index (χ2n) is 8.53. The number of sulfonamides is 1. The molecular formula is C24H23F2N5O2S. The Bertz CT molecular complexity index is 1460. The quantitative estimate of drug-likeness (QED) is 0.401.